The fourth-order valence-electron chi connectivity index (χ4n) is 2.59. The Morgan fingerprint density at radius 2 is 2.16 bits per heavy atom. The molecule has 0 aromatic carbocycles. The molecule has 1 aromatic heterocycles. The summed E-state index contributed by atoms with van der Waals surface area (Å²) >= 11 is 0. The van der Waals surface area contributed by atoms with Crippen LogP contribution in [0, 0.1) is 5.92 Å². The number of aromatic nitrogens is 1. The van der Waals surface area contributed by atoms with Crippen LogP contribution in [0.2, 0.25) is 0 Å². The van der Waals surface area contributed by atoms with Crippen molar-refractivity contribution in [2.24, 2.45) is 5.92 Å². The SMILES string of the molecule is CC1CCC(Nc2cc(C(=O)O)cc(C(C)C)n2)C1. The van der Waals surface area contributed by atoms with Gasteiger partial charge in [-0.15, -0.1) is 0 Å². The van der Waals surface area contributed by atoms with Crippen molar-refractivity contribution in [1.29, 1.82) is 0 Å². The molecule has 1 fully saturated rings. The molecule has 2 N–H and O–H groups in total. The number of nitrogens with one attached hydrogen (secondary N) is 1. The first-order valence-electron chi connectivity index (χ1n) is 6.97. The van der Waals surface area contributed by atoms with Crippen LogP contribution in [0.3, 0.4) is 0 Å². The van der Waals surface area contributed by atoms with Crippen LogP contribution in [0.4, 0.5) is 5.82 Å². The van der Waals surface area contributed by atoms with Gasteiger partial charge in [-0.25, -0.2) is 9.78 Å². The smallest absolute Gasteiger partial charge is 0.335 e. The van der Waals surface area contributed by atoms with Crippen LogP contribution in [-0.4, -0.2) is 22.1 Å². The van der Waals surface area contributed by atoms with E-state index in [4.69, 9.17) is 5.11 Å². The molecule has 0 bridgehead atoms. The average molecular weight is 262 g/mol. The highest BCUT2D eigenvalue weighted by molar-refractivity contribution is 5.88. The minimum atomic E-state index is -0.896. The van der Waals surface area contributed by atoms with Crippen LogP contribution in [-0.2, 0) is 0 Å². The summed E-state index contributed by atoms with van der Waals surface area (Å²) in [7, 11) is 0. The highest BCUT2D eigenvalue weighted by atomic mass is 16.4. The number of nitrogens with zero attached hydrogens (tertiary/aromatic N) is 1. The summed E-state index contributed by atoms with van der Waals surface area (Å²) in [5.41, 5.74) is 1.14. The Morgan fingerprint density at radius 1 is 1.42 bits per heavy atom. The second kappa shape index (κ2) is 5.59. The number of hydrogen-bond donors (Lipinski definition) is 2. The van der Waals surface area contributed by atoms with Crippen LogP contribution < -0.4 is 5.32 Å². The van der Waals surface area contributed by atoms with Crippen molar-refractivity contribution < 1.29 is 9.90 Å². The van der Waals surface area contributed by atoms with Gasteiger partial charge in [-0.2, -0.15) is 0 Å². The van der Waals surface area contributed by atoms with Crippen molar-refractivity contribution in [3.05, 3.63) is 23.4 Å². The third kappa shape index (κ3) is 3.46. The van der Waals surface area contributed by atoms with Crippen LogP contribution in [0.25, 0.3) is 0 Å². The normalized spacial score (nSPS) is 22.7. The van der Waals surface area contributed by atoms with Crippen LogP contribution in [0.5, 0.6) is 0 Å². The topological polar surface area (TPSA) is 62.2 Å². The number of rotatable bonds is 4. The summed E-state index contributed by atoms with van der Waals surface area (Å²) in [5, 5.41) is 12.6. The van der Waals surface area contributed by atoms with Crippen LogP contribution in [0.1, 0.15) is 62.0 Å². The predicted molar refractivity (Wildman–Crippen MR) is 75.7 cm³/mol. The van der Waals surface area contributed by atoms with Gasteiger partial charge in [-0.05, 0) is 43.2 Å². The number of carboxylic acid groups (broad SMARTS) is 1. The maximum Gasteiger partial charge on any atom is 0.335 e. The molecule has 4 nitrogen and oxygen atoms in total. The molecule has 0 aliphatic heterocycles. The Hall–Kier alpha value is -1.58. The molecule has 0 amide bonds. The van der Waals surface area contributed by atoms with Gasteiger partial charge in [0.05, 0.1) is 5.56 Å². The van der Waals surface area contributed by atoms with Gasteiger partial charge in [0.15, 0.2) is 0 Å². The van der Waals surface area contributed by atoms with Gasteiger partial charge in [-0.3, -0.25) is 0 Å². The molecule has 104 valence electrons. The summed E-state index contributed by atoms with van der Waals surface area (Å²) in [6.45, 7) is 6.30. The Morgan fingerprint density at radius 3 is 2.68 bits per heavy atom. The van der Waals surface area contributed by atoms with Crippen molar-refractivity contribution in [2.45, 2.75) is 52.0 Å². The van der Waals surface area contributed by atoms with Crippen molar-refractivity contribution in [1.82, 2.24) is 4.98 Å². The molecule has 2 atom stereocenters. The van der Waals surface area contributed by atoms with E-state index in [1.54, 1.807) is 12.1 Å². The molecule has 1 aliphatic rings. The van der Waals surface area contributed by atoms with E-state index < -0.39 is 5.97 Å². The van der Waals surface area contributed by atoms with Crippen molar-refractivity contribution in [2.75, 3.05) is 5.32 Å². The first-order valence-corrected chi connectivity index (χ1v) is 6.97. The summed E-state index contributed by atoms with van der Waals surface area (Å²) in [6, 6.07) is 3.72. The Balaban J connectivity index is 2.21. The lowest BCUT2D eigenvalue weighted by Gasteiger charge is -2.15. The van der Waals surface area contributed by atoms with Gasteiger partial charge in [0.1, 0.15) is 5.82 Å². The van der Waals surface area contributed by atoms with Gasteiger partial charge in [-0.1, -0.05) is 20.8 Å². The van der Waals surface area contributed by atoms with Crippen LogP contribution in [0.15, 0.2) is 12.1 Å². The zero-order valence-electron chi connectivity index (χ0n) is 11.8. The summed E-state index contributed by atoms with van der Waals surface area (Å²) < 4.78 is 0. The van der Waals surface area contributed by atoms with E-state index in [1.807, 2.05) is 13.8 Å². The fourth-order valence-corrected chi connectivity index (χ4v) is 2.59. The standard InChI is InChI=1S/C15H22N2O2/c1-9(2)13-7-11(15(18)19)8-14(17-13)16-12-5-4-10(3)6-12/h7-10,12H,4-6H2,1-3H3,(H,16,17)(H,18,19). The molecular weight excluding hydrogens is 240 g/mol. The molecule has 1 saturated carbocycles. The second-order valence-corrected chi connectivity index (χ2v) is 5.89. The summed E-state index contributed by atoms with van der Waals surface area (Å²) in [5.74, 6) is 0.766. The Bertz CT molecular complexity index is 471. The third-order valence-corrected chi connectivity index (χ3v) is 3.73. The lowest BCUT2D eigenvalue weighted by molar-refractivity contribution is 0.0696. The first-order chi connectivity index (χ1) is 8.95. The average Bonchev–Trinajstić information content (AvgIpc) is 2.74. The van der Waals surface area contributed by atoms with Crippen LogP contribution >= 0.6 is 0 Å². The number of hydrogen-bond acceptors (Lipinski definition) is 3. The predicted octanol–water partition coefficient (Wildman–Crippen LogP) is 3.50. The highest BCUT2D eigenvalue weighted by Gasteiger charge is 2.22. The number of carbonyl (C=O) groups is 1. The highest BCUT2D eigenvalue weighted by Crippen LogP contribution is 2.27. The monoisotopic (exact) mass is 262 g/mol. The quantitative estimate of drug-likeness (QED) is 0.871. The molecule has 0 radical (unpaired) electrons. The summed E-state index contributed by atoms with van der Waals surface area (Å²) in [4.78, 5) is 15.7. The van der Waals surface area contributed by atoms with E-state index in [9.17, 15) is 4.79 Å². The maximum atomic E-state index is 11.2. The van der Waals surface area contributed by atoms with Gasteiger partial charge in [0.25, 0.3) is 0 Å². The molecule has 1 aromatic rings. The second-order valence-electron chi connectivity index (χ2n) is 5.89. The van der Waals surface area contributed by atoms with E-state index in [1.165, 1.54) is 6.42 Å². The van der Waals surface area contributed by atoms with E-state index in [-0.39, 0.29) is 5.92 Å². The maximum absolute atomic E-state index is 11.2. The number of pyridine rings is 1. The molecule has 2 unspecified atom stereocenters. The fraction of sp³-hybridized carbons (Fsp3) is 0.600. The van der Waals surface area contributed by atoms with E-state index >= 15 is 0 Å². The van der Waals surface area contributed by atoms with Gasteiger partial charge in [0.2, 0.25) is 0 Å². The van der Waals surface area contributed by atoms with Gasteiger partial charge >= 0.3 is 5.97 Å². The van der Waals surface area contributed by atoms with Gasteiger partial charge < -0.3 is 10.4 Å². The number of carboxylic acids is 1. The molecule has 1 heterocycles. The van der Waals surface area contributed by atoms with E-state index in [0.717, 1.165) is 24.5 Å². The van der Waals surface area contributed by atoms with Gasteiger partial charge in [0, 0.05) is 11.7 Å². The molecule has 0 spiro atoms. The Labute approximate surface area is 114 Å². The summed E-state index contributed by atoms with van der Waals surface area (Å²) in [6.07, 6.45) is 3.50. The van der Waals surface area contributed by atoms with Crippen molar-refractivity contribution in [3.63, 3.8) is 0 Å². The molecule has 4 heteroatoms. The zero-order valence-corrected chi connectivity index (χ0v) is 11.8. The molecule has 19 heavy (non-hydrogen) atoms. The Kier molecular flexibility index (Phi) is 4.08. The van der Waals surface area contributed by atoms with Crippen molar-refractivity contribution >= 4 is 11.8 Å². The zero-order chi connectivity index (χ0) is 14.0. The molecule has 0 saturated heterocycles. The number of aromatic carboxylic acids is 1. The molecule has 2 rings (SSSR count). The molecule has 1 aliphatic carbocycles. The minimum Gasteiger partial charge on any atom is -0.478 e. The lowest BCUT2D eigenvalue weighted by atomic mass is 10.1. The largest absolute Gasteiger partial charge is 0.478 e. The first kappa shape index (κ1) is 13.8. The minimum absolute atomic E-state index is 0.224. The van der Waals surface area contributed by atoms with Crippen molar-refractivity contribution in [3.8, 4) is 0 Å². The number of anilines is 1. The van der Waals surface area contributed by atoms with E-state index in [0.29, 0.717) is 17.4 Å². The van der Waals surface area contributed by atoms with E-state index in [2.05, 4.69) is 17.2 Å². The molecular formula is C15H22N2O2. The third-order valence-electron chi connectivity index (χ3n) is 3.73. The lowest BCUT2D eigenvalue weighted by Crippen LogP contribution is -2.17.